The van der Waals surface area contributed by atoms with Crippen LogP contribution in [0.3, 0.4) is 0 Å². The minimum atomic E-state index is 0.175. The van der Waals surface area contributed by atoms with Gasteiger partial charge in [0.2, 0.25) is 5.95 Å². The zero-order valence-electron chi connectivity index (χ0n) is 14.5. The fourth-order valence-corrected chi connectivity index (χ4v) is 3.42. The van der Waals surface area contributed by atoms with Gasteiger partial charge in [0.15, 0.2) is 5.82 Å². The number of hydrogen-bond donors (Lipinski definition) is 3. The maximum atomic E-state index is 9.35. The number of rotatable bonds is 9. The minimum absolute atomic E-state index is 0.175. The van der Waals surface area contributed by atoms with Gasteiger partial charge in [0.1, 0.15) is 5.52 Å². The minimum Gasteiger partial charge on any atom is -0.396 e. The van der Waals surface area contributed by atoms with Crippen LogP contribution in [0.25, 0.3) is 11.0 Å². The molecule has 0 aromatic carbocycles. The second kappa shape index (κ2) is 7.83. The molecule has 1 aliphatic rings. The third-order valence-electron chi connectivity index (χ3n) is 5.03. The van der Waals surface area contributed by atoms with Gasteiger partial charge in [-0.05, 0) is 37.7 Å². The van der Waals surface area contributed by atoms with Gasteiger partial charge in [0.05, 0.1) is 5.52 Å². The number of unbranched alkanes of at least 4 members (excludes halogenated alkanes) is 1. The first-order chi connectivity index (χ1) is 11.7. The van der Waals surface area contributed by atoms with E-state index < -0.39 is 0 Å². The molecule has 4 N–H and O–H groups in total. The van der Waals surface area contributed by atoms with Gasteiger partial charge in [-0.3, -0.25) is 0 Å². The SMILES string of the molecule is CCCC[C@@H](CCO)Nc1nc(N)nc2ccn(CC3CCC3)c12. The highest BCUT2D eigenvalue weighted by atomic mass is 16.3. The molecule has 1 fully saturated rings. The first-order valence-electron chi connectivity index (χ1n) is 9.21. The lowest BCUT2D eigenvalue weighted by Gasteiger charge is -2.26. The quantitative estimate of drug-likeness (QED) is 0.657. The number of nitrogens with zero attached hydrogens (tertiary/aromatic N) is 3. The lowest BCUT2D eigenvalue weighted by atomic mass is 9.85. The fraction of sp³-hybridized carbons (Fsp3) is 0.667. The number of aliphatic hydroxyl groups is 1. The number of hydrogen-bond acceptors (Lipinski definition) is 5. The van der Waals surface area contributed by atoms with Gasteiger partial charge >= 0.3 is 0 Å². The first kappa shape index (κ1) is 17.0. The molecule has 2 aromatic rings. The molecule has 0 aliphatic heterocycles. The number of fused-ring (bicyclic) bond motifs is 1. The molecule has 0 amide bonds. The molecule has 6 heteroatoms. The van der Waals surface area contributed by atoms with E-state index in [0.29, 0.717) is 12.4 Å². The second-order valence-corrected chi connectivity index (χ2v) is 6.93. The predicted octanol–water partition coefficient (Wildman–Crippen LogP) is 3.17. The van der Waals surface area contributed by atoms with Gasteiger partial charge in [0.25, 0.3) is 0 Å². The molecule has 1 saturated carbocycles. The number of aromatic nitrogens is 3. The van der Waals surface area contributed by atoms with E-state index in [9.17, 15) is 5.11 Å². The highest BCUT2D eigenvalue weighted by Crippen LogP contribution is 2.31. The van der Waals surface area contributed by atoms with Gasteiger partial charge in [-0.1, -0.05) is 26.2 Å². The van der Waals surface area contributed by atoms with Crippen LogP contribution < -0.4 is 11.1 Å². The Hall–Kier alpha value is -1.82. The molecule has 1 aliphatic carbocycles. The molecule has 6 nitrogen and oxygen atoms in total. The van der Waals surface area contributed by atoms with Crippen LogP contribution in [-0.4, -0.2) is 32.3 Å². The van der Waals surface area contributed by atoms with E-state index in [1.807, 2.05) is 6.07 Å². The van der Waals surface area contributed by atoms with E-state index >= 15 is 0 Å². The van der Waals surface area contributed by atoms with Crippen molar-refractivity contribution in [2.24, 2.45) is 5.92 Å². The largest absolute Gasteiger partial charge is 0.396 e. The van der Waals surface area contributed by atoms with Crippen molar-refractivity contribution < 1.29 is 5.11 Å². The van der Waals surface area contributed by atoms with Crippen LogP contribution in [0.4, 0.5) is 11.8 Å². The number of aliphatic hydroxyl groups excluding tert-OH is 1. The van der Waals surface area contributed by atoms with Crippen molar-refractivity contribution in [1.82, 2.24) is 14.5 Å². The summed E-state index contributed by atoms with van der Waals surface area (Å²) in [6, 6.07) is 2.23. The zero-order valence-corrected chi connectivity index (χ0v) is 14.5. The molecule has 1 atom stereocenters. The van der Waals surface area contributed by atoms with Gasteiger partial charge in [-0.2, -0.15) is 4.98 Å². The Morgan fingerprint density at radius 2 is 2.21 bits per heavy atom. The summed E-state index contributed by atoms with van der Waals surface area (Å²) in [4.78, 5) is 8.85. The van der Waals surface area contributed by atoms with Gasteiger partial charge in [-0.25, -0.2) is 4.98 Å². The Kier molecular flexibility index (Phi) is 5.56. The van der Waals surface area contributed by atoms with E-state index in [-0.39, 0.29) is 12.6 Å². The summed E-state index contributed by atoms with van der Waals surface area (Å²) in [5.41, 5.74) is 7.83. The van der Waals surface area contributed by atoms with Crippen molar-refractivity contribution in [2.45, 2.75) is 64.5 Å². The average Bonchev–Trinajstić information content (AvgIpc) is 2.91. The maximum absolute atomic E-state index is 9.35. The smallest absolute Gasteiger partial charge is 0.222 e. The lowest BCUT2D eigenvalue weighted by Crippen LogP contribution is -2.23. The van der Waals surface area contributed by atoms with E-state index in [1.54, 1.807) is 0 Å². The lowest BCUT2D eigenvalue weighted by molar-refractivity contribution is 0.276. The first-order valence-corrected chi connectivity index (χ1v) is 9.21. The Morgan fingerprint density at radius 1 is 1.38 bits per heavy atom. The molecule has 0 radical (unpaired) electrons. The molecular formula is C18H29N5O. The van der Waals surface area contributed by atoms with Crippen LogP contribution in [0.5, 0.6) is 0 Å². The summed E-state index contributed by atoms with van der Waals surface area (Å²) in [5, 5.41) is 12.9. The van der Waals surface area contributed by atoms with Crippen molar-refractivity contribution in [3.63, 3.8) is 0 Å². The third-order valence-corrected chi connectivity index (χ3v) is 5.03. The van der Waals surface area contributed by atoms with E-state index in [4.69, 9.17) is 5.73 Å². The van der Waals surface area contributed by atoms with Gasteiger partial charge in [0, 0.05) is 25.4 Å². The van der Waals surface area contributed by atoms with Crippen molar-refractivity contribution in [1.29, 1.82) is 0 Å². The van der Waals surface area contributed by atoms with Crippen molar-refractivity contribution in [2.75, 3.05) is 17.7 Å². The molecule has 132 valence electrons. The highest BCUT2D eigenvalue weighted by molar-refractivity contribution is 5.87. The second-order valence-electron chi connectivity index (χ2n) is 6.93. The van der Waals surface area contributed by atoms with Gasteiger partial charge < -0.3 is 20.7 Å². The van der Waals surface area contributed by atoms with E-state index in [1.165, 1.54) is 19.3 Å². The van der Waals surface area contributed by atoms with Crippen molar-refractivity contribution in [3.05, 3.63) is 12.3 Å². The van der Waals surface area contributed by atoms with Crippen LogP contribution in [0, 0.1) is 5.92 Å². The molecule has 0 bridgehead atoms. The normalized spacial score (nSPS) is 16.2. The average molecular weight is 331 g/mol. The molecule has 2 heterocycles. The van der Waals surface area contributed by atoms with Gasteiger partial charge in [-0.15, -0.1) is 0 Å². The summed E-state index contributed by atoms with van der Waals surface area (Å²) >= 11 is 0. The van der Waals surface area contributed by atoms with Crippen LogP contribution >= 0.6 is 0 Å². The molecule has 0 spiro atoms. The Bertz CT molecular complexity index is 665. The summed E-state index contributed by atoms with van der Waals surface area (Å²) in [6.07, 6.45) is 10.1. The molecule has 24 heavy (non-hydrogen) atoms. The zero-order chi connectivity index (χ0) is 16.9. The Labute approximate surface area is 143 Å². The molecule has 0 unspecified atom stereocenters. The Morgan fingerprint density at radius 3 is 2.88 bits per heavy atom. The predicted molar refractivity (Wildman–Crippen MR) is 97.9 cm³/mol. The number of nitrogens with two attached hydrogens (primary N) is 1. The summed E-state index contributed by atoms with van der Waals surface area (Å²) in [5.74, 6) is 1.86. The van der Waals surface area contributed by atoms with Crippen LogP contribution in [-0.2, 0) is 6.54 Å². The fourth-order valence-electron chi connectivity index (χ4n) is 3.42. The standard InChI is InChI=1S/C18H29N5O/c1-2-3-7-14(9-11-24)20-17-16-15(21-18(19)22-17)8-10-23(16)12-13-5-4-6-13/h8,10,13-14,24H,2-7,9,11-12H2,1H3,(H3,19,20,21,22)/t14-/m0/s1. The summed E-state index contributed by atoms with van der Waals surface area (Å²) in [7, 11) is 0. The maximum Gasteiger partial charge on any atom is 0.222 e. The van der Waals surface area contributed by atoms with Crippen LogP contribution in [0.15, 0.2) is 12.3 Å². The van der Waals surface area contributed by atoms with E-state index in [2.05, 4.69) is 33.0 Å². The molecule has 2 aromatic heterocycles. The third kappa shape index (κ3) is 3.80. The number of nitrogens with one attached hydrogen (secondary N) is 1. The summed E-state index contributed by atoms with van der Waals surface area (Å²) < 4.78 is 2.26. The topological polar surface area (TPSA) is 89.0 Å². The Balaban J connectivity index is 1.87. The molecule has 0 saturated heterocycles. The monoisotopic (exact) mass is 331 g/mol. The summed E-state index contributed by atoms with van der Waals surface area (Å²) in [6.45, 7) is 3.37. The van der Waals surface area contributed by atoms with Crippen LogP contribution in [0.2, 0.25) is 0 Å². The van der Waals surface area contributed by atoms with Crippen LogP contribution in [0.1, 0.15) is 51.9 Å². The van der Waals surface area contributed by atoms with E-state index in [0.717, 1.165) is 48.6 Å². The highest BCUT2D eigenvalue weighted by Gasteiger charge is 2.21. The molecular weight excluding hydrogens is 302 g/mol. The van der Waals surface area contributed by atoms with Crippen molar-refractivity contribution >= 4 is 22.8 Å². The van der Waals surface area contributed by atoms with Crippen molar-refractivity contribution in [3.8, 4) is 0 Å². The number of anilines is 2. The molecule has 3 rings (SSSR count). The number of nitrogen functional groups attached to an aromatic ring is 1.